The van der Waals surface area contributed by atoms with E-state index in [0.29, 0.717) is 17.8 Å². The molecular weight excluding hydrogens is 356 g/mol. The fourth-order valence-corrected chi connectivity index (χ4v) is 3.39. The van der Waals surface area contributed by atoms with E-state index in [4.69, 9.17) is 9.68 Å². The number of piperidine rings is 1. The van der Waals surface area contributed by atoms with Crippen molar-refractivity contribution in [3.8, 4) is 6.07 Å². The minimum absolute atomic E-state index is 0.0174. The van der Waals surface area contributed by atoms with Crippen molar-refractivity contribution in [3.05, 3.63) is 54.0 Å². The van der Waals surface area contributed by atoms with Gasteiger partial charge in [0.1, 0.15) is 12.2 Å². The zero-order valence-corrected chi connectivity index (χ0v) is 15.7. The summed E-state index contributed by atoms with van der Waals surface area (Å²) in [6, 6.07) is 12.2. The predicted molar refractivity (Wildman–Crippen MR) is 105 cm³/mol. The fourth-order valence-electron chi connectivity index (χ4n) is 3.39. The first kappa shape index (κ1) is 19.6. The molecule has 2 aromatic rings. The van der Waals surface area contributed by atoms with Crippen LogP contribution in [0.3, 0.4) is 0 Å². The summed E-state index contributed by atoms with van der Waals surface area (Å²) in [6.45, 7) is 2.46. The van der Waals surface area contributed by atoms with E-state index in [9.17, 15) is 9.59 Å². The van der Waals surface area contributed by atoms with Gasteiger partial charge in [-0.2, -0.15) is 5.26 Å². The molecule has 2 N–H and O–H groups in total. The summed E-state index contributed by atoms with van der Waals surface area (Å²) in [5.74, 6) is 0.309. The summed E-state index contributed by atoms with van der Waals surface area (Å²) in [6.07, 6.45) is 5.01. The van der Waals surface area contributed by atoms with Gasteiger partial charge in [-0.25, -0.2) is 0 Å². The Hall–Kier alpha value is -3.11. The number of furan rings is 1. The van der Waals surface area contributed by atoms with Crippen LogP contribution in [0.15, 0.2) is 47.1 Å². The van der Waals surface area contributed by atoms with Crippen LogP contribution in [0.2, 0.25) is 0 Å². The molecule has 1 aliphatic heterocycles. The number of hydrogen-bond acceptors (Lipinski definition) is 5. The van der Waals surface area contributed by atoms with E-state index in [0.717, 1.165) is 31.7 Å². The van der Waals surface area contributed by atoms with Crippen LogP contribution in [0.5, 0.6) is 0 Å². The van der Waals surface area contributed by atoms with Crippen LogP contribution in [-0.4, -0.2) is 36.3 Å². The van der Waals surface area contributed by atoms with Gasteiger partial charge in [-0.1, -0.05) is 6.42 Å². The highest BCUT2D eigenvalue weighted by Crippen LogP contribution is 2.24. The molecule has 1 saturated heterocycles. The van der Waals surface area contributed by atoms with Gasteiger partial charge in [0.2, 0.25) is 5.91 Å². The van der Waals surface area contributed by atoms with Crippen LogP contribution in [0.25, 0.3) is 0 Å². The minimum Gasteiger partial charge on any atom is -0.468 e. The lowest BCUT2D eigenvalue weighted by molar-refractivity contribution is -0.115. The Morgan fingerprint density at radius 1 is 1.14 bits per heavy atom. The normalized spacial score (nSPS) is 15.4. The molecule has 0 bridgehead atoms. The molecule has 0 unspecified atom stereocenters. The van der Waals surface area contributed by atoms with Crippen LogP contribution in [0, 0.1) is 11.3 Å². The fraction of sp³-hybridized carbons (Fsp3) is 0.381. The maximum atomic E-state index is 12.5. The molecule has 0 aliphatic carbocycles. The monoisotopic (exact) mass is 380 g/mol. The van der Waals surface area contributed by atoms with Gasteiger partial charge in [-0.3, -0.25) is 14.5 Å². The number of likely N-dealkylation sites (tertiary alicyclic amines) is 1. The molecule has 28 heavy (non-hydrogen) atoms. The summed E-state index contributed by atoms with van der Waals surface area (Å²) >= 11 is 0. The highest BCUT2D eigenvalue weighted by atomic mass is 16.3. The average molecular weight is 380 g/mol. The number of carbonyl (C=O) groups is 2. The van der Waals surface area contributed by atoms with E-state index >= 15 is 0 Å². The summed E-state index contributed by atoms with van der Waals surface area (Å²) in [5.41, 5.74) is 1.06. The zero-order chi connectivity index (χ0) is 19.8. The molecule has 1 atom stereocenters. The van der Waals surface area contributed by atoms with Gasteiger partial charge in [0, 0.05) is 17.8 Å². The van der Waals surface area contributed by atoms with Crippen LogP contribution in [0.1, 0.15) is 47.8 Å². The van der Waals surface area contributed by atoms with E-state index < -0.39 is 0 Å². The van der Waals surface area contributed by atoms with Crippen molar-refractivity contribution in [3.63, 3.8) is 0 Å². The van der Waals surface area contributed by atoms with E-state index in [1.807, 2.05) is 12.1 Å². The number of rotatable bonds is 7. The predicted octanol–water partition coefficient (Wildman–Crippen LogP) is 3.09. The second-order valence-corrected chi connectivity index (χ2v) is 6.80. The van der Waals surface area contributed by atoms with Crippen molar-refractivity contribution in [1.82, 2.24) is 10.2 Å². The lowest BCUT2D eigenvalue weighted by Crippen LogP contribution is -2.40. The summed E-state index contributed by atoms with van der Waals surface area (Å²) in [7, 11) is 0. The standard InChI is InChI=1S/C21H24N4O3/c22-11-10-20(26)24-17-8-6-16(7-9-17)21(27)23-15-18(19-5-4-14-28-19)25-12-2-1-3-13-25/h4-9,14,18H,1-3,10,12-13,15H2,(H,23,27)(H,24,26)/t18-/m0/s1. The van der Waals surface area contributed by atoms with Gasteiger partial charge >= 0.3 is 0 Å². The molecule has 0 radical (unpaired) electrons. The third-order valence-corrected chi connectivity index (χ3v) is 4.83. The molecular formula is C21H24N4O3. The second kappa shape index (κ2) is 9.72. The van der Waals surface area contributed by atoms with Crippen molar-refractivity contribution in [1.29, 1.82) is 5.26 Å². The topological polar surface area (TPSA) is 98.4 Å². The first-order valence-corrected chi connectivity index (χ1v) is 9.50. The van der Waals surface area contributed by atoms with Gasteiger partial charge < -0.3 is 15.1 Å². The molecule has 2 amide bonds. The first-order valence-electron chi connectivity index (χ1n) is 9.50. The number of anilines is 1. The zero-order valence-electron chi connectivity index (χ0n) is 15.7. The number of hydrogen-bond donors (Lipinski definition) is 2. The largest absolute Gasteiger partial charge is 0.468 e. The first-order chi connectivity index (χ1) is 13.7. The van der Waals surface area contributed by atoms with Crippen LogP contribution in [0.4, 0.5) is 5.69 Å². The SMILES string of the molecule is N#CCC(=O)Nc1ccc(C(=O)NC[C@@H](c2ccco2)N2CCCCC2)cc1. The smallest absolute Gasteiger partial charge is 0.251 e. The van der Waals surface area contributed by atoms with Crippen LogP contribution in [-0.2, 0) is 4.79 Å². The Morgan fingerprint density at radius 2 is 1.89 bits per heavy atom. The van der Waals surface area contributed by atoms with E-state index in [1.54, 1.807) is 36.6 Å². The third kappa shape index (κ3) is 5.21. The van der Waals surface area contributed by atoms with Gasteiger partial charge in [0.25, 0.3) is 5.91 Å². The highest BCUT2D eigenvalue weighted by molar-refractivity contribution is 5.96. The van der Waals surface area contributed by atoms with Crippen molar-refractivity contribution >= 4 is 17.5 Å². The molecule has 1 aromatic carbocycles. The molecule has 7 nitrogen and oxygen atoms in total. The van der Waals surface area contributed by atoms with Gasteiger partial charge in [0.05, 0.1) is 18.4 Å². The Morgan fingerprint density at radius 3 is 2.54 bits per heavy atom. The van der Waals surface area contributed by atoms with Crippen LogP contribution >= 0.6 is 0 Å². The van der Waals surface area contributed by atoms with Gasteiger partial charge in [0.15, 0.2) is 0 Å². The van der Waals surface area contributed by atoms with Crippen molar-refractivity contribution in [2.24, 2.45) is 0 Å². The number of nitrogens with zero attached hydrogens (tertiary/aromatic N) is 2. The lowest BCUT2D eigenvalue weighted by atomic mass is 10.1. The Labute approximate surface area is 164 Å². The molecule has 0 spiro atoms. The second-order valence-electron chi connectivity index (χ2n) is 6.80. The minimum atomic E-state index is -0.373. The van der Waals surface area contributed by atoms with E-state index in [-0.39, 0.29) is 24.3 Å². The maximum Gasteiger partial charge on any atom is 0.251 e. The summed E-state index contributed by atoms with van der Waals surface area (Å²) in [5, 5.41) is 14.1. The number of amides is 2. The van der Waals surface area contributed by atoms with Crippen LogP contribution < -0.4 is 10.6 Å². The molecule has 7 heteroatoms. The summed E-state index contributed by atoms with van der Waals surface area (Å²) in [4.78, 5) is 26.3. The lowest BCUT2D eigenvalue weighted by Gasteiger charge is -2.33. The third-order valence-electron chi connectivity index (χ3n) is 4.83. The highest BCUT2D eigenvalue weighted by Gasteiger charge is 2.25. The number of benzene rings is 1. The van der Waals surface area contributed by atoms with Crippen molar-refractivity contribution in [2.45, 2.75) is 31.7 Å². The van der Waals surface area contributed by atoms with Crippen molar-refractivity contribution in [2.75, 3.05) is 25.0 Å². The molecule has 3 rings (SSSR count). The van der Waals surface area contributed by atoms with Gasteiger partial charge in [-0.05, 0) is 62.3 Å². The molecule has 2 heterocycles. The van der Waals surface area contributed by atoms with E-state index in [2.05, 4.69) is 15.5 Å². The molecule has 0 saturated carbocycles. The Kier molecular flexibility index (Phi) is 6.82. The number of carbonyl (C=O) groups excluding carboxylic acids is 2. The average Bonchev–Trinajstić information content (AvgIpc) is 3.24. The molecule has 146 valence electrons. The summed E-state index contributed by atoms with van der Waals surface area (Å²) < 4.78 is 5.60. The molecule has 1 aromatic heterocycles. The quantitative estimate of drug-likeness (QED) is 0.769. The van der Waals surface area contributed by atoms with Crippen molar-refractivity contribution < 1.29 is 14.0 Å². The molecule has 1 aliphatic rings. The Bertz CT molecular complexity index is 818. The molecule has 1 fully saturated rings. The van der Waals surface area contributed by atoms with Gasteiger partial charge in [-0.15, -0.1) is 0 Å². The maximum absolute atomic E-state index is 12.5. The Balaban J connectivity index is 1.59. The number of nitrogens with one attached hydrogen (secondary N) is 2. The van der Waals surface area contributed by atoms with E-state index in [1.165, 1.54) is 6.42 Å². The number of nitriles is 1.